The molecule has 26 heavy (non-hydrogen) atoms. The Kier molecular flexibility index (Phi) is 5.78. The van der Waals surface area contributed by atoms with Gasteiger partial charge in [-0.15, -0.1) is 0 Å². The van der Waals surface area contributed by atoms with Crippen LogP contribution in [0.3, 0.4) is 0 Å². The smallest absolute Gasteiger partial charge is 0.254 e. The Hall–Kier alpha value is -2.12. The summed E-state index contributed by atoms with van der Waals surface area (Å²) in [6, 6.07) is 9.50. The van der Waals surface area contributed by atoms with Crippen molar-refractivity contribution in [1.82, 2.24) is 4.90 Å². The molecule has 5 nitrogen and oxygen atoms in total. The predicted octanol–water partition coefficient (Wildman–Crippen LogP) is 3.82. The number of nitrogens with zero attached hydrogens (tertiary/aromatic N) is 1. The van der Waals surface area contributed by atoms with Crippen LogP contribution in [0.25, 0.3) is 0 Å². The summed E-state index contributed by atoms with van der Waals surface area (Å²) in [6.07, 6.45) is -0.285. The Bertz CT molecular complexity index is 772. The zero-order valence-corrected chi connectivity index (χ0v) is 16.1. The van der Waals surface area contributed by atoms with Gasteiger partial charge < -0.3 is 19.1 Å². The third kappa shape index (κ3) is 3.83. The number of carbonyl (C=O) groups excluding carboxylic acids is 1. The van der Waals surface area contributed by atoms with Crippen molar-refractivity contribution in [3.05, 3.63) is 57.8 Å². The highest BCUT2D eigenvalue weighted by Gasteiger charge is 2.27. The number of benzene rings is 2. The van der Waals surface area contributed by atoms with E-state index in [9.17, 15) is 9.18 Å². The number of hydrogen-bond acceptors (Lipinski definition) is 4. The average Bonchev–Trinajstić information content (AvgIpc) is 2.68. The van der Waals surface area contributed by atoms with E-state index in [0.29, 0.717) is 41.2 Å². The fourth-order valence-electron chi connectivity index (χ4n) is 2.89. The molecule has 2 aromatic carbocycles. The standard InChI is InChI=1S/C19H19BrFNO4/c1-24-15-9-13(10-16(25-2)18(15)20)19(23)22-7-8-26-17(11-22)12-3-5-14(21)6-4-12/h3-6,9-10,17H,7-8,11H2,1-2H3/t17-/m1/s1. The number of rotatable bonds is 4. The first-order valence-electron chi connectivity index (χ1n) is 8.11. The molecule has 0 unspecified atom stereocenters. The quantitative estimate of drug-likeness (QED) is 0.749. The van der Waals surface area contributed by atoms with E-state index in [-0.39, 0.29) is 17.8 Å². The Labute approximate surface area is 159 Å². The van der Waals surface area contributed by atoms with Crippen LogP contribution in [0.5, 0.6) is 11.5 Å². The van der Waals surface area contributed by atoms with E-state index in [4.69, 9.17) is 14.2 Å². The van der Waals surface area contributed by atoms with E-state index < -0.39 is 0 Å². The van der Waals surface area contributed by atoms with Gasteiger partial charge in [0.1, 0.15) is 27.9 Å². The second-order valence-electron chi connectivity index (χ2n) is 5.86. The molecule has 2 aromatic rings. The molecule has 3 rings (SSSR count). The molecule has 1 saturated heterocycles. The van der Waals surface area contributed by atoms with Crippen LogP contribution in [0.2, 0.25) is 0 Å². The highest BCUT2D eigenvalue weighted by atomic mass is 79.9. The first-order chi connectivity index (χ1) is 12.5. The maximum Gasteiger partial charge on any atom is 0.254 e. The lowest BCUT2D eigenvalue weighted by Crippen LogP contribution is -2.42. The van der Waals surface area contributed by atoms with Crippen LogP contribution in [-0.4, -0.2) is 44.7 Å². The topological polar surface area (TPSA) is 48.0 Å². The zero-order chi connectivity index (χ0) is 18.7. The van der Waals surface area contributed by atoms with Crippen molar-refractivity contribution in [3.63, 3.8) is 0 Å². The summed E-state index contributed by atoms with van der Waals surface area (Å²) in [6.45, 7) is 1.29. The molecule has 0 aliphatic carbocycles. The maximum atomic E-state index is 13.1. The minimum Gasteiger partial charge on any atom is -0.495 e. The summed E-state index contributed by atoms with van der Waals surface area (Å²) >= 11 is 3.40. The summed E-state index contributed by atoms with van der Waals surface area (Å²) in [7, 11) is 3.07. The fraction of sp³-hybridized carbons (Fsp3) is 0.316. The minimum atomic E-state index is -0.299. The number of ether oxygens (including phenoxy) is 3. The normalized spacial score (nSPS) is 17.1. The van der Waals surface area contributed by atoms with Gasteiger partial charge >= 0.3 is 0 Å². The number of amides is 1. The number of halogens is 2. The van der Waals surface area contributed by atoms with Crippen molar-refractivity contribution in [2.45, 2.75) is 6.10 Å². The first kappa shape index (κ1) is 18.7. The van der Waals surface area contributed by atoms with Crippen molar-refractivity contribution in [1.29, 1.82) is 0 Å². The molecule has 0 radical (unpaired) electrons. The molecule has 7 heteroatoms. The molecular weight excluding hydrogens is 405 g/mol. The highest BCUT2D eigenvalue weighted by molar-refractivity contribution is 9.10. The van der Waals surface area contributed by atoms with Gasteiger partial charge in [0.05, 0.1) is 27.4 Å². The van der Waals surface area contributed by atoms with Gasteiger partial charge in [0.25, 0.3) is 5.91 Å². The summed E-state index contributed by atoms with van der Waals surface area (Å²) < 4.78 is 30.2. The summed E-state index contributed by atoms with van der Waals surface area (Å²) in [5.74, 6) is 0.614. The van der Waals surface area contributed by atoms with E-state index >= 15 is 0 Å². The van der Waals surface area contributed by atoms with Gasteiger partial charge in [-0.05, 0) is 45.8 Å². The Morgan fingerprint density at radius 1 is 1.19 bits per heavy atom. The van der Waals surface area contributed by atoms with Crippen molar-refractivity contribution in [2.24, 2.45) is 0 Å². The lowest BCUT2D eigenvalue weighted by molar-refractivity contribution is -0.0228. The summed E-state index contributed by atoms with van der Waals surface area (Å²) in [4.78, 5) is 14.7. The van der Waals surface area contributed by atoms with Gasteiger partial charge in [-0.2, -0.15) is 0 Å². The highest BCUT2D eigenvalue weighted by Crippen LogP contribution is 2.36. The molecule has 1 fully saturated rings. The Morgan fingerprint density at radius 2 is 1.81 bits per heavy atom. The van der Waals surface area contributed by atoms with Crippen LogP contribution >= 0.6 is 15.9 Å². The molecule has 1 aliphatic heterocycles. The van der Waals surface area contributed by atoms with Crippen molar-refractivity contribution >= 4 is 21.8 Å². The molecule has 0 saturated carbocycles. The van der Waals surface area contributed by atoms with Crippen LogP contribution in [0, 0.1) is 5.82 Å². The van der Waals surface area contributed by atoms with Gasteiger partial charge in [0, 0.05) is 12.1 Å². The van der Waals surface area contributed by atoms with Gasteiger partial charge in [-0.25, -0.2) is 4.39 Å². The van der Waals surface area contributed by atoms with Crippen LogP contribution in [0.1, 0.15) is 22.0 Å². The molecule has 0 aromatic heterocycles. The molecule has 1 heterocycles. The SMILES string of the molecule is COc1cc(C(=O)N2CCO[C@@H](c3ccc(F)cc3)C2)cc(OC)c1Br. The number of methoxy groups -OCH3 is 2. The molecule has 1 aliphatic rings. The second kappa shape index (κ2) is 8.05. The number of morpholine rings is 1. The zero-order valence-electron chi connectivity index (χ0n) is 14.5. The van der Waals surface area contributed by atoms with Gasteiger partial charge in [0.2, 0.25) is 0 Å². The molecular formula is C19H19BrFNO4. The van der Waals surface area contributed by atoms with Crippen LogP contribution in [0.4, 0.5) is 4.39 Å². The Balaban J connectivity index is 1.82. The van der Waals surface area contributed by atoms with Crippen molar-refractivity contribution < 1.29 is 23.4 Å². The van der Waals surface area contributed by atoms with Crippen LogP contribution in [0.15, 0.2) is 40.9 Å². The third-order valence-corrected chi connectivity index (χ3v) is 5.07. The largest absolute Gasteiger partial charge is 0.495 e. The van der Waals surface area contributed by atoms with Crippen LogP contribution in [-0.2, 0) is 4.74 Å². The summed E-state index contributed by atoms with van der Waals surface area (Å²) in [5, 5.41) is 0. The minimum absolute atomic E-state index is 0.135. The lowest BCUT2D eigenvalue weighted by atomic mass is 10.1. The van der Waals surface area contributed by atoms with E-state index in [0.717, 1.165) is 5.56 Å². The summed E-state index contributed by atoms with van der Waals surface area (Å²) in [5.41, 5.74) is 1.32. The second-order valence-corrected chi connectivity index (χ2v) is 6.65. The molecule has 0 bridgehead atoms. The van der Waals surface area contributed by atoms with Crippen molar-refractivity contribution in [3.8, 4) is 11.5 Å². The maximum absolute atomic E-state index is 13.1. The molecule has 1 atom stereocenters. The van der Waals surface area contributed by atoms with Gasteiger partial charge in [-0.1, -0.05) is 12.1 Å². The third-order valence-electron chi connectivity index (χ3n) is 4.29. The van der Waals surface area contributed by atoms with Crippen molar-refractivity contribution in [2.75, 3.05) is 33.9 Å². The monoisotopic (exact) mass is 423 g/mol. The molecule has 138 valence electrons. The molecule has 0 spiro atoms. The first-order valence-corrected chi connectivity index (χ1v) is 8.90. The Morgan fingerprint density at radius 3 is 2.38 bits per heavy atom. The fourth-order valence-corrected chi connectivity index (χ4v) is 3.44. The van der Waals surface area contributed by atoms with Gasteiger partial charge in [-0.3, -0.25) is 4.79 Å². The molecule has 0 N–H and O–H groups in total. The van der Waals surface area contributed by atoms with E-state index in [2.05, 4.69) is 15.9 Å². The lowest BCUT2D eigenvalue weighted by Gasteiger charge is -2.33. The number of carbonyl (C=O) groups is 1. The molecule has 1 amide bonds. The number of hydrogen-bond donors (Lipinski definition) is 0. The van der Waals surface area contributed by atoms with Crippen LogP contribution < -0.4 is 9.47 Å². The average molecular weight is 424 g/mol. The van der Waals surface area contributed by atoms with Gasteiger partial charge in [0.15, 0.2) is 0 Å². The predicted molar refractivity (Wildman–Crippen MR) is 98.2 cm³/mol. The van der Waals surface area contributed by atoms with E-state index in [1.165, 1.54) is 26.4 Å². The van der Waals surface area contributed by atoms with E-state index in [1.807, 2.05) is 0 Å². The van der Waals surface area contributed by atoms with E-state index in [1.54, 1.807) is 29.2 Å².